The number of hydrogen-bond acceptors (Lipinski definition) is 2. The van der Waals surface area contributed by atoms with Gasteiger partial charge < -0.3 is 10.1 Å². The van der Waals surface area contributed by atoms with Crippen LogP contribution in [0, 0.1) is 0 Å². The Labute approximate surface area is 123 Å². The molecule has 2 nitrogen and oxygen atoms in total. The molecule has 1 unspecified atom stereocenters. The SMILES string of the molecule is CCCNC(COC1CCC1)c1ccc(CCC)cc1. The lowest BCUT2D eigenvalue weighted by Gasteiger charge is -2.28. The van der Waals surface area contributed by atoms with E-state index in [4.69, 9.17) is 4.74 Å². The van der Waals surface area contributed by atoms with Gasteiger partial charge >= 0.3 is 0 Å². The Morgan fingerprint density at radius 1 is 1.15 bits per heavy atom. The van der Waals surface area contributed by atoms with Crippen LogP contribution >= 0.6 is 0 Å². The molecule has 0 aliphatic heterocycles. The fourth-order valence-corrected chi connectivity index (χ4v) is 2.57. The van der Waals surface area contributed by atoms with Crippen LogP contribution in [0.5, 0.6) is 0 Å². The smallest absolute Gasteiger partial charge is 0.0665 e. The van der Waals surface area contributed by atoms with E-state index in [2.05, 4.69) is 43.4 Å². The minimum absolute atomic E-state index is 0.339. The Kier molecular flexibility index (Phi) is 6.55. The minimum Gasteiger partial charge on any atom is -0.376 e. The number of ether oxygens (including phenoxy) is 1. The monoisotopic (exact) mass is 275 g/mol. The van der Waals surface area contributed by atoms with Crippen LogP contribution in [0.1, 0.15) is 63.1 Å². The number of aryl methyl sites for hydroxylation is 1. The molecule has 1 atom stereocenters. The van der Waals surface area contributed by atoms with Crippen LogP contribution in [0.4, 0.5) is 0 Å². The summed E-state index contributed by atoms with van der Waals surface area (Å²) in [5, 5.41) is 3.62. The van der Waals surface area contributed by atoms with Gasteiger partial charge in [0, 0.05) is 0 Å². The summed E-state index contributed by atoms with van der Waals surface area (Å²) in [5.41, 5.74) is 2.79. The number of nitrogens with one attached hydrogen (secondary N) is 1. The molecule has 112 valence electrons. The van der Waals surface area contributed by atoms with Crippen molar-refractivity contribution in [2.75, 3.05) is 13.2 Å². The quantitative estimate of drug-likeness (QED) is 0.727. The average molecular weight is 275 g/mol. The zero-order valence-electron chi connectivity index (χ0n) is 13.0. The van der Waals surface area contributed by atoms with Gasteiger partial charge in [-0.15, -0.1) is 0 Å². The molecule has 1 aliphatic carbocycles. The second-order valence-electron chi connectivity index (χ2n) is 5.88. The summed E-state index contributed by atoms with van der Waals surface area (Å²) in [6.07, 6.45) is 7.89. The molecule has 1 aliphatic rings. The Balaban J connectivity index is 1.92. The first-order chi connectivity index (χ1) is 9.83. The van der Waals surface area contributed by atoms with Crippen molar-refractivity contribution in [3.05, 3.63) is 35.4 Å². The lowest BCUT2D eigenvalue weighted by Crippen LogP contribution is -2.30. The van der Waals surface area contributed by atoms with Crippen molar-refractivity contribution >= 4 is 0 Å². The van der Waals surface area contributed by atoms with Crippen LogP contribution in [0.25, 0.3) is 0 Å². The molecule has 0 bridgehead atoms. The topological polar surface area (TPSA) is 21.3 Å². The van der Waals surface area contributed by atoms with E-state index in [1.165, 1.54) is 43.2 Å². The number of benzene rings is 1. The molecular formula is C18H29NO. The van der Waals surface area contributed by atoms with Crippen LogP contribution < -0.4 is 5.32 Å². The predicted molar refractivity (Wildman–Crippen MR) is 85.1 cm³/mol. The van der Waals surface area contributed by atoms with Crippen molar-refractivity contribution in [2.45, 2.75) is 64.5 Å². The first kappa shape index (κ1) is 15.5. The second-order valence-corrected chi connectivity index (χ2v) is 5.88. The van der Waals surface area contributed by atoms with Gasteiger partial charge in [0.15, 0.2) is 0 Å². The molecule has 1 aromatic rings. The average Bonchev–Trinajstić information content (AvgIpc) is 2.42. The first-order valence-corrected chi connectivity index (χ1v) is 8.27. The van der Waals surface area contributed by atoms with Gasteiger partial charge in [-0.25, -0.2) is 0 Å². The minimum atomic E-state index is 0.339. The fourth-order valence-electron chi connectivity index (χ4n) is 2.57. The molecule has 1 fully saturated rings. The van der Waals surface area contributed by atoms with E-state index in [0.29, 0.717) is 12.1 Å². The molecule has 0 saturated heterocycles. The maximum Gasteiger partial charge on any atom is 0.0665 e. The highest BCUT2D eigenvalue weighted by Crippen LogP contribution is 2.24. The highest BCUT2D eigenvalue weighted by atomic mass is 16.5. The van der Waals surface area contributed by atoms with Gasteiger partial charge in [0.2, 0.25) is 0 Å². The van der Waals surface area contributed by atoms with E-state index in [9.17, 15) is 0 Å². The van der Waals surface area contributed by atoms with E-state index < -0.39 is 0 Å². The molecule has 1 saturated carbocycles. The molecule has 1 N–H and O–H groups in total. The second kappa shape index (κ2) is 8.43. The summed E-state index contributed by atoms with van der Waals surface area (Å²) in [7, 11) is 0. The van der Waals surface area contributed by atoms with Gasteiger partial charge in [0.25, 0.3) is 0 Å². The van der Waals surface area contributed by atoms with Crippen molar-refractivity contribution in [3.63, 3.8) is 0 Å². The molecular weight excluding hydrogens is 246 g/mol. The molecule has 0 heterocycles. The predicted octanol–water partition coefficient (Wildman–Crippen LogP) is 4.25. The molecule has 2 heteroatoms. The third kappa shape index (κ3) is 4.60. The third-order valence-corrected chi connectivity index (χ3v) is 4.11. The largest absolute Gasteiger partial charge is 0.376 e. The van der Waals surface area contributed by atoms with Crippen molar-refractivity contribution in [2.24, 2.45) is 0 Å². The van der Waals surface area contributed by atoms with Crippen LogP contribution in [0.2, 0.25) is 0 Å². The molecule has 0 spiro atoms. The zero-order chi connectivity index (χ0) is 14.2. The maximum absolute atomic E-state index is 6.01. The van der Waals surface area contributed by atoms with Gasteiger partial charge in [-0.05, 0) is 49.8 Å². The van der Waals surface area contributed by atoms with Crippen LogP contribution in [-0.2, 0) is 11.2 Å². The first-order valence-electron chi connectivity index (χ1n) is 8.27. The Bertz CT molecular complexity index is 370. The van der Waals surface area contributed by atoms with Crippen molar-refractivity contribution in [3.8, 4) is 0 Å². The van der Waals surface area contributed by atoms with Gasteiger partial charge in [0.05, 0.1) is 18.8 Å². The van der Waals surface area contributed by atoms with Crippen LogP contribution in [0.3, 0.4) is 0 Å². The van der Waals surface area contributed by atoms with Crippen LogP contribution in [0.15, 0.2) is 24.3 Å². The van der Waals surface area contributed by atoms with Gasteiger partial charge in [-0.2, -0.15) is 0 Å². The van der Waals surface area contributed by atoms with Crippen molar-refractivity contribution in [1.82, 2.24) is 5.32 Å². The van der Waals surface area contributed by atoms with Crippen LogP contribution in [-0.4, -0.2) is 19.3 Å². The summed E-state index contributed by atoms with van der Waals surface area (Å²) >= 11 is 0. The summed E-state index contributed by atoms with van der Waals surface area (Å²) < 4.78 is 6.01. The lowest BCUT2D eigenvalue weighted by molar-refractivity contribution is -0.00876. The van der Waals surface area contributed by atoms with E-state index in [1.807, 2.05) is 0 Å². The van der Waals surface area contributed by atoms with E-state index >= 15 is 0 Å². The van der Waals surface area contributed by atoms with Gasteiger partial charge in [-0.3, -0.25) is 0 Å². The molecule has 20 heavy (non-hydrogen) atoms. The fraction of sp³-hybridized carbons (Fsp3) is 0.667. The molecule has 1 aromatic carbocycles. The molecule has 0 amide bonds. The molecule has 0 radical (unpaired) electrons. The molecule has 2 rings (SSSR count). The van der Waals surface area contributed by atoms with Gasteiger partial charge in [-0.1, -0.05) is 44.5 Å². The normalized spacial score (nSPS) is 16.9. The highest BCUT2D eigenvalue weighted by molar-refractivity contribution is 5.25. The Morgan fingerprint density at radius 2 is 1.90 bits per heavy atom. The van der Waals surface area contributed by atoms with Crippen molar-refractivity contribution < 1.29 is 4.74 Å². The summed E-state index contributed by atoms with van der Waals surface area (Å²) in [5.74, 6) is 0. The van der Waals surface area contributed by atoms with E-state index in [1.54, 1.807) is 0 Å². The Hall–Kier alpha value is -0.860. The Morgan fingerprint density at radius 3 is 2.45 bits per heavy atom. The lowest BCUT2D eigenvalue weighted by atomic mass is 9.96. The number of rotatable bonds is 9. The summed E-state index contributed by atoms with van der Waals surface area (Å²) in [4.78, 5) is 0. The molecule has 0 aromatic heterocycles. The maximum atomic E-state index is 6.01. The van der Waals surface area contributed by atoms with E-state index in [-0.39, 0.29) is 0 Å². The third-order valence-electron chi connectivity index (χ3n) is 4.11. The van der Waals surface area contributed by atoms with E-state index in [0.717, 1.165) is 19.6 Å². The van der Waals surface area contributed by atoms with Crippen molar-refractivity contribution in [1.29, 1.82) is 0 Å². The standard InChI is InChI=1S/C18H29NO/c1-3-6-15-9-11-16(12-10-15)18(19-13-4-2)14-20-17-7-5-8-17/h9-12,17-19H,3-8,13-14H2,1-2H3. The van der Waals surface area contributed by atoms with Gasteiger partial charge in [0.1, 0.15) is 0 Å². The highest BCUT2D eigenvalue weighted by Gasteiger charge is 2.20. The zero-order valence-corrected chi connectivity index (χ0v) is 13.0. The summed E-state index contributed by atoms with van der Waals surface area (Å²) in [6, 6.07) is 9.41. The number of hydrogen-bond donors (Lipinski definition) is 1. The summed E-state index contributed by atoms with van der Waals surface area (Å²) in [6.45, 7) is 6.29.